The predicted molar refractivity (Wildman–Crippen MR) is 65.8 cm³/mol. The van der Waals surface area contributed by atoms with Gasteiger partial charge in [0.2, 0.25) is 0 Å². The van der Waals surface area contributed by atoms with Gasteiger partial charge >= 0.3 is 5.97 Å². The number of aliphatic hydroxyl groups is 1. The van der Waals surface area contributed by atoms with Crippen molar-refractivity contribution in [3.8, 4) is 11.5 Å². The molecule has 0 fully saturated rings. The highest BCUT2D eigenvalue weighted by molar-refractivity contribution is 5.88. The Balaban J connectivity index is 2.17. The van der Waals surface area contributed by atoms with Gasteiger partial charge in [0.25, 0.3) is 0 Å². The normalized spacial score (nSPS) is 10.1. The van der Waals surface area contributed by atoms with Gasteiger partial charge in [-0.15, -0.1) is 0 Å². The van der Waals surface area contributed by atoms with Gasteiger partial charge in [-0.25, -0.2) is 4.79 Å². The van der Waals surface area contributed by atoms with Crippen molar-refractivity contribution in [2.75, 3.05) is 0 Å². The Labute approximate surface area is 104 Å². The Hall–Kier alpha value is -2.33. The smallest absolute Gasteiger partial charge is 0.335 e. The SMILES string of the molecule is O=C(O)c1cccc(Oc2ccc(CO)cc2)c1. The molecule has 0 radical (unpaired) electrons. The Morgan fingerprint density at radius 1 is 1.06 bits per heavy atom. The number of benzene rings is 2. The van der Waals surface area contributed by atoms with Gasteiger partial charge in [0.15, 0.2) is 0 Å². The molecule has 0 bridgehead atoms. The molecule has 2 rings (SSSR count). The summed E-state index contributed by atoms with van der Waals surface area (Å²) in [4.78, 5) is 10.8. The maximum Gasteiger partial charge on any atom is 0.335 e. The van der Waals surface area contributed by atoms with E-state index in [-0.39, 0.29) is 12.2 Å². The Morgan fingerprint density at radius 3 is 2.39 bits per heavy atom. The summed E-state index contributed by atoms with van der Waals surface area (Å²) >= 11 is 0. The average Bonchev–Trinajstić information content (AvgIpc) is 2.40. The topological polar surface area (TPSA) is 66.8 Å². The molecule has 0 aromatic heterocycles. The van der Waals surface area contributed by atoms with Crippen molar-refractivity contribution >= 4 is 5.97 Å². The molecule has 92 valence electrons. The van der Waals surface area contributed by atoms with E-state index in [4.69, 9.17) is 14.9 Å². The van der Waals surface area contributed by atoms with Crippen LogP contribution in [0.5, 0.6) is 11.5 Å². The maximum absolute atomic E-state index is 10.8. The van der Waals surface area contributed by atoms with Crippen LogP contribution in [0.2, 0.25) is 0 Å². The molecule has 0 amide bonds. The molecular weight excluding hydrogens is 232 g/mol. The number of ether oxygens (including phenoxy) is 1. The molecule has 0 aliphatic carbocycles. The van der Waals surface area contributed by atoms with Crippen molar-refractivity contribution in [1.82, 2.24) is 0 Å². The molecule has 0 saturated heterocycles. The molecule has 0 saturated carbocycles. The van der Waals surface area contributed by atoms with Gasteiger partial charge < -0.3 is 14.9 Å². The minimum Gasteiger partial charge on any atom is -0.478 e. The van der Waals surface area contributed by atoms with Crippen LogP contribution in [0, 0.1) is 0 Å². The van der Waals surface area contributed by atoms with Crippen LogP contribution in [0.15, 0.2) is 48.5 Å². The third-order valence-corrected chi connectivity index (χ3v) is 2.42. The lowest BCUT2D eigenvalue weighted by Crippen LogP contribution is -1.96. The zero-order valence-electron chi connectivity index (χ0n) is 9.54. The molecule has 0 spiro atoms. The number of carboxylic acids is 1. The maximum atomic E-state index is 10.8. The summed E-state index contributed by atoms with van der Waals surface area (Å²) in [7, 11) is 0. The largest absolute Gasteiger partial charge is 0.478 e. The number of aliphatic hydroxyl groups excluding tert-OH is 1. The summed E-state index contributed by atoms with van der Waals surface area (Å²) in [6.45, 7) is -0.0191. The van der Waals surface area contributed by atoms with E-state index in [2.05, 4.69) is 0 Å². The molecule has 18 heavy (non-hydrogen) atoms. The molecule has 2 aromatic rings. The van der Waals surface area contributed by atoms with Gasteiger partial charge in [-0.1, -0.05) is 18.2 Å². The van der Waals surface area contributed by atoms with E-state index in [9.17, 15) is 4.79 Å². The summed E-state index contributed by atoms with van der Waals surface area (Å²) in [6.07, 6.45) is 0. The minimum absolute atomic E-state index is 0.0191. The fraction of sp³-hybridized carbons (Fsp3) is 0.0714. The van der Waals surface area contributed by atoms with Crippen molar-refractivity contribution in [2.45, 2.75) is 6.61 Å². The Morgan fingerprint density at radius 2 is 1.78 bits per heavy atom. The molecule has 2 N–H and O–H groups in total. The highest BCUT2D eigenvalue weighted by Gasteiger charge is 2.04. The van der Waals surface area contributed by atoms with Gasteiger partial charge in [-0.3, -0.25) is 0 Å². The van der Waals surface area contributed by atoms with Crippen LogP contribution >= 0.6 is 0 Å². The molecule has 0 unspecified atom stereocenters. The molecule has 0 aliphatic rings. The number of hydrogen-bond acceptors (Lipinski definition) is 3. The summed E-state index contributed by atoms with van der Waals surface area (Å²) in [5.41, 5.74) is 0.973. The predicted octanol–water partition coefficient (Wildman–Crippen LogP) is 2.67. The molecule has 0 atom stereocenters. The summed E-state index contributed by atoms with van der Waals surface area (Å²) in [5, 5.41) is 17.8. The monoisotopic (exact) mass is 244 g/mol. The van der Waals surface area contributed by atoms with E-state index in [0.717, 1.165) is 5.56 Å². The van der Waals surface area contributed by atoms with E-state index in [1.807, 2.05) is 0 Å². The fourth-order valence-corrected chi connectivity index (χ4v) is 1.49. The first-order valence-corrected chi connectivity index (χ1v) is 5.40. The number of hydrogen-bond donors (Lipinski definition) is 2. The Bertz CT molecular complexity index is 546. The van der Waals surface area contributed by atoms with Gasteiger partial charge in [0.1, 0.15) is 11.5 Å². The van der Waals surface area contributed by atoms with Gasteiger partial charge in [0, 0.05) is 0 Å². The lowest BCUT2D eigenvalue weighted by Gasteiger charge is -2.06. The molecule has 4 nitrogen and oxygen atoms in total. The van der Waals surface area contributed by atoms with Crippen LogP contribution in [-0.4, -0.2) is 16.2 Å². The van der Waals surface area contributed by atoms with Crippen LogP contribution < -0.4 is 4.74 Å². The lowest BCUT2D eigenvalue weighted by molar-refractivity contribution is 0.0696. The zero-order valence-corrected chi connectivity index (χ0v) is 9.54. The van der Waals surface area contributed by atoms with Crippen LogP contribution in [0.25, 0.3) is 0 Å². The second-order valence-electron chi connectivity index (χ2n) is 3.74. The van der Waals surface area contributed by atoms with Crippen LogP contribution in [-0.2, 0) is 6.61 Å². The summed E-state index contributed by atoms with van der Waals surface area (Å²) < 4.78 is 5.52. The summed E-state index contributed by atoms with van der Waals surface area (Å²) in [5.74, 6) is 0.0671. The molecule has 0 aliphatic heterocycles. The third kappa shape index (κ3) is 2.87. The zero-order chi connectivity index (χ0) is 13.0. The number of carboxylic acid groups (broad SMARTS) is 1. The van der Waals surface area contributed by atoms with Crippen molar-refractivity contribution < 1.29 is 19.7 Å². The number of rotatable bonds is 4. The second kappa shape index (κ2) is 5.33. The highest BCUT2D eigenvalue weighted by Crippen LogP contribution is 2.22. The first-order valence-electron chi connectivity index (χ1n) is 5.40. The number of aromatic carboxylic acids is 1. The van der Waals surface area contributed by atoms with Crippen LogP contribution in [0.3, 0.4) is 0 Å². The first kappa shape index (κ1) is 12.1. The van der Waals surface area contributed by atoms with Gasteiger partial charge in [-0.05, 0) is 35.9 Å². The van der Waals surface area contributed by atoms with E-state index in [1.54, 1.807) is 36.4 Å². The minimum atomic E-state index is -0.990. The average molecular weight is 244 g/mol. The lowest BCUT2D eigenvalue weighted by atomic mass is 10.2. The van der Waals surface area contributed by atoms with E-state index < -0.39 is 5.97 Å². The van der Waals surface area contributed by atoms with Crippen LogP contribution in [0.4, 0.5) is 0 Å². The van der Waals surface area contributed by atoms with Gasteiger partial charge in [-0.2, -0.15) is 0 Å². The van der Waals surface area contributed by atoms with Crippen molar-refractivity contribution in [3.63, 3.8) is 0 Å². The standard InChI is InChI=1S/C14H12O4/c15-9-10-4-6-12(7-5-10)18-13-3-1-2-11(8-13)14(16)17/h1-8,15H,9H2,(H,16,17). The molecular formula is C14H12O4. The highest BCUT2D eigenvalue weighted by atomic mass is 16.5. The van der Waals surface area contributed by atoms with E-state index in [0.29, 0.717) is 11.5 Å². The molecule has 0 heterocycles. The second-order valence-corrected chi connectivity index (χ2v) is 3.74. The van der Waals surface area contributed by atoms with E-state index in [1.165, 1.54) is 12.1 Å². The van der Waals surface area contributed by atoms with E-state index >= 15 is 0 Å². The fourth-order valence-electron chi connectivity index (χ4n) is 1.49. The van der Waals surface area contributed by atoms with Crippen molar-refractivity contribution in [1.29, 1.82) is 0 Å². The third-order valence-electron chi connectivity index (χ3n) is 2.42. The first-order chi connectivity index (χ1) is 8.69. The number of carbonyl (C=O) groups is 1. The van der Waals surface area contributed by atoms with Gasteiger partial charge in [0.05, 0.1) is 12.2 Å². The Kier molecular flexibility index (Phi) is 3.60. The summed E-state index contributed by atoms with van der Waals surface area (Å²) in [6, 6.07) is 13.2. The molecule has 4 heteroatoms. The van der Waals surface area contributed by atoms with Crippen LogP contribution in [0.1, 0.15) is 15.9 Å². The van der Waals surface area contributed by atoms with Crippen molar-refractivity contribution in [2.24, 2.45) is 0 Å². The molecule has 2 aromatic carbocycles. The van der Waals surface area contributed by atoms with Crippen molar-refractivity contribution in [3.05, 3.63) is 59.7 Å². The quantitative estimate of drug-likeness (QED) is 0.867.